The van der Waals surface area contributed by atoms with Crippen LogP contribution < -0.4 is 4.74 Å². The summed E-state index contributed by atoms with van der Waals surface area (Å²) in [6.45, 7) is 1.64. The number of rotatable bonds is 2. The second kappa shape index (κ2) is 4.94. The Labute approximate surface area is 139 Å². The van der Waals surface area contributed by atoms with Crippen LogP contribution in [0.4, 0.5) is 22.0 Å². The molecule has 0 saturated carbocycles. The van der Waals surface area contributed by atoms with E-state index in [-0.39, 0.29) is 22.6 Å². The minimum absolute atomic E-state index is 0.0211. The van der Waals surface area contributed by atoms with Crippen molar-refractivity contribution in [3.8, 4) is 11.5 Å². The highest BCUT2D eigenvalue weighted by Gasteiger charge is 2.71. The first-order valence-electron chi connectivity index (χ1n) is 7.69. The molecule has 2 nitrogen and oxygen atoms in total. The van der Waals surface area contributed by atoms with Crippen LogP contribution in [0, 0.1) is 12.7 Å². The predicted molar refractivity (Wildman–Crippen MR) is 78.8 cm³/mol. The lowest BCUT2D eigenvalue weighted by Crippen LogP contribution is -2.36. The first kappa shape index (κ1) is 16.3. The first-order chi connectivity index (χ1) is 11.6. The molecule has 2 atom stereocenters. The normalized spacial score (nSPS) is 25.1. The maximum Gasteiger partial charge on any atom is 0.336 e. The van der Waals surface area contributed by atoms with E-state index in [1.54, 1.807) is 6.92 Å². The summed E-state index contributed by atoms with van der Waals surface area (Å²) >= 11 is 0. The number of aliphatic hydroxyl groups excluding tert-OH is 1. The number of aliphatic hydroxyl groups is 1. The Hall–Kier alpha value is -2.15. The highest BCUT2D eigenvalue weighted by atomic mass is 19.3. The van der Waals surface area contributed by atoms with Crippen molar-refractivity contribution in [2.24, 2.45) is 0 Å². The Morgan fingerprint density at radius 1 is 1.08 bits per heavy atom. The van der Waals surface area contributed by atoms with Gasteiger partial charge in [-0.05, 0) is 48.7 Å². The fourth-order valence-electron chi connectivity index (χ4n) is 3.77. The van der Waals surface area contributed by atoms with Gasteiger partial charge in [0.15, 0.2) is 0 Å². The summed E-state index contributed by atoms with van der Waals surface area (Å²) in [6.07, 6.45) is -1.85. The smallest absolute Gasteiger partial charge is 0.336 e. The molecule has 2 aliphatic rings. The molecule has 0 radical (unpaired) electrons. The molecule has 0 fully saturated rings. The van der Waals surface area contributed by atoms with E-state index in [2.05, 4.69) is 0 Å². The van der Waals surface area contributed by atoms with Crippen LogP contribution in [0.25, 0.3) is 0 Å². The highest BCUT2D eigenvalue weighted by molar-refractivity contribution is 5.58. The van der Waals surface area contributed by atoms with E-state index in [9.17, 15) is 27.1 Å². The minimum Gasteiger partial charge on any atom is -0.457 e. The SMILES string of the molecule is Cc1cc(F)cc(Oc2ccc3c4c2C(O)CC4C(F)(F)C3(F)F)c1. The average molecular weight is 356 g/mol. The van der Waals surface area contributed by atoms with Crippen LogP contribution >= 0.6 is 0 Å². The molecule has 25 heavy (non-hydrogen) atoms. The van der Waals surface area contributed by atoms with E-state index >= 15 is 0 Å². The minimum atomic E-state index is -4.30. The van der Waals surface area contributed by atoms with Crippen molar-refractivity contribution in [2.75, 3.05) is 0 Å². The molecule has 2 unspecified atom stereocenters. The van der Waals surface area contributed by atoms with Crippen molar-refractivity contribution in [3.05, 3.63) is 58.4 Å². The Kier molecular flexibility index (Phi) is 3.23. The van der Waals surface area contributed by atoms with Gasteiger partial charge in [-0.2, -0.15) is 17.6 Å². The molecule has 1 N–H and O–H groups in total. The molecule has 2 aliphatic carbocycles. The van der Waals surface area contributed by atoms with Crippen molar-refractivity contribution in [1.82, 2.24) is 0 Å². The largest absolute Gasteiger partial charge is 0.457 e. The van der Waals surface area contributed by atoms with E-state index in [0.29, 0.717) is 5.56 Å². The quantitative estimate of drug-likeness (QED) is 0.751. The van der Waals surface area contributed by atoms with Gasteiger partial charge >= 0.3 is 11.8 Å². The van der Waals surface area contributed by atoms with Gasteiger partial charge in [0.1, 0.15) is 17.3 Å². The number of halogens is 5. The Morgan fingerprint density at radius 3 is 2.48 bits per heavy atom. The fourth-order valence-corrected chi connectivity index (χ4v) is 3.77. The zero-order valence-electron chi connectivity index (χ0n) is 13.0. The number of hydrogen-bond acceptors (Lipinski definition) is 2. The van der Waals surface area contributed by atoms with Crippen LogP contribution in [-0.2, 0) is 5.92 Å². The van der Waals surface area contributed by atoms with Gasteiger partial charge in [0, 0.05) is 17.2 Å². The summed E-state index contributed by atoms with van der Waals surface area (Å²) in [5.74, 6) is -10.8. The molecule has 132 valence electrons. The summed E-state index contributed by atoms with van der Waals surface area (Å²) < 4.78 is 75.3. The van der Waals surface area contributed by atoms with Crippen LogP contribution in [-0.4, -0.2) is 11.0 Å². The number of ether oxygens (including phenoxy) is 1. The third-order valence-corrected chi connectivity index (χ3v) is 4.83. The van der Waals surface area contributed by atoms with Gasteiger partial charge in [-0.3, -0.25) is 0 Å². The lowest BCUT2D eigenvalue weighted by molar-refractivity contribution is -0.217. The third-order valence-electron chi connectivity index (χ3n) is 4.83. The van der Waals surface area contributed by atoms with E-state index in [0.717, 1.165) is 18.2 Å². The van der Waals surface area contributed by atoms with Gasteiger partial charge in [-0.15, -0.1) is 0 Å². The predicted octanol–water partition coefficient (Wildman–Crippen LogP) is 5.19. The highest BCUT2D eigenvalue weighted by Crippen LogP contribution is 2.66. The number of benzene rings is 2. The van der Waals surface area contributed by atoms with Crippen LogP contribution in [0.5, 0.6) is 11.5 Å². The molecule has 2 aromatic carbocycles. The average Bonchev–Trinajstić information content (AvgIpc) is 2.90. The summed E-state index contributed by atoms with van der Waals surface area (Å²) in [4.78, 5) is 0. The molecule has 0 amide bonds. The van der Waals surface area contributed by atoms with Crippen molar-refractivity contribution in [1.29, 1.82) is 0 Å². The summed E-state index contributed by atoms with van der Waals surface area (Å²) in [5.41, 5.74) is -0.532. The molecular weight excluding hydrogens is 343 g/mol. The zero-order chi connectivity index (χ0) is 18.1. The lowest BCUT2D eigenvalue weighted by atomic mass is 10.0. The van der Waals surface area contributed by atoms with Crippen LogP contribution in [0.2, 0.25) is 0 Å². The molecule has 0 spiro atoms. The first-order valence-corrected chi connectivity index (χ1v) is 7.69. The maximum atomic E-state index is 14.1. The topological polar surface area (TPSA) is 29.5 Å². The second-order valence-electron chi connectivity index (χ2n) is 6.51. The summed E-state index contributed by atoms with van der Waals surface area (Å²) in [7, 11) is 0. The van der Waals surface area contributed by atoms with Gasteiger partial charge in [0.2, 0.25) is 0 Å². The zero-order valence-corrected chi connectivity index (χ0v) is 13.0. The Balaban J connectivity index is 1.84. The molecule has 0 saturated heterocycles. The van der Waals surface area contributed by atoms with Gasteiger partial charge in [-0.25, -0.2) is 4.39 Å². The molecule has 4 rings (SSSR count). The second-order valence-corrected chi connectivity index (χ2v) is 6.51. The van der Waals surface area contributed by atoms with Gasteiger partial charge < -0.3 is 9.84 Å². The molecule has 0 bridgehead atoms. The Bertz CT molecular complexity index is 858. The van der Waals surface area contributed by atoms with Crippen LogP contribution in [0.3, 0.4) is 0 Å². The maximum absolute atomic E-state index is 14.1. The number of aryl methyl sites for hydroxylation is 1. The molecule has 0 aromatic heterocycles. The monoisotopic (exact) mass is 356 g/mol. The summed E-state index contributed by atoms with van der Waals surface area (Å²) in [6, 6.07) is 5.90. The lowest BCUT2D eigenvalue weighted by Gasteiger charge is -2.24. The standard InChI is InChI=1S/C18H13F5O2/c1-8-4-9(19)6-10(5-8)25-14-3-2-11-15-12(7-13(24)16(14)15)18(22,23)17(11,20)21/h2-6,12-13,24H,7H2,1H3. The third kappa shape index (κ3) is 2.11. The van der Waals surface area contributed by atoms with Crippen molar-refractivity contribution >= 4 is 0 Å². The van der Waals surface area contributed by atoms with Gasteiger partial charge in [-0.1, -0.05) is 0 Å². The van der Waals surface area contributed by atoms with E-state index in [1.807, 2.05) is 0 Å². The molecule has 0 heterocycles. The Morgan fingerprint density at radius 2 is 1.80 bits per heavy atom. The van der Waals surface area contributed by atoms with Crippen LogP contribution in [0.15, 0.2) is 30.3 Å². The molecule has 7 heteroatoms. The van der Waals surface area contributed by atoms with Gasteiger partial charge in [0.05, 0.1) is 12.0 Å². The molecule has 0 aliphatic heterocycles. The summed E-state index contributed by atoms with van der Waals surface area (Å²) in [5, 5.41) is 10.1. The number of hydrogen-bond donors (Lipinski definition) is 1. The van der Waals surface area contributed by atoms with Gasteiger partial charge in [0.25, 0.3) is 0 Å². The van der Waals surface area contributed by atoms with E-state index in [1.165, 1.54) is 12.1 Å². The van der Waals surface area contributed by atoms with Crippen molar-refractivity contribution < 1.29 is 31.8 Å². The van der Waals surface area contributed by atoms with Crippen LogP contribution in [0.1, 0.15) is 40.7 Å². The van der Waals surface area contributed by atoms with E-state index < -0.39 is 41.7 Å². The number of alkyl halides is 4. The fraction of sp³-hybridized carbons (Fsp3) is 0.333. The van der Waals surface area contributed by atoms with E-state index in [4.69, 9.17) is 4.74 Å². The molecular formula is C18H13F5O2. The van der Waals surface area contributed by atoms with Crippen molar-refractivity contribution in [2.45, 2.75) is 37.2 Å². The van der Waals surface area contributed by atoms with Crippen molar-refractivity contribution in [3.63, 3.8) is 0 Å². The molecule has 2 aromatic rings.